The third kappa shape index (κ3) is 2.73. The van der Waals surface area contributed by atoms with Crippen LogP contribution in [-0.4, -0.2) is 67.3 Å². The molecule has 0 aromatic rings. The van der Waals surface area contributed by atoms with Crippen LogP contribution in [0, 0.1) is 0 Å². The Morgan fingerprint density at radius 1 is 1.31 bits per heavy atom. The standard InChI is InChI=1S/C11H24N4O/c1-9(2)16-8-10(13-12)11-7-14-3-5-15(11)6-4-14/h9-11,13H,3-8,12H2,1-2H3. The van der Waals surface area contributed by atoms with Gasteiger partial charge < -0.3 is 4.74 Å². The fraction of sp³-hybridized carbons (Fsp3) is 1.00. The average molecular weight is 228 g/mol. The van der Waals surface area contributed by atoms with Gasteiger partial charge in [-0.1, -0.05) is 0 Å². The Morgan fingerprint density at radius 3 is 2.44 bits per heavy atom. The topological polar surface area (TPSA) is 53.8 Å². The largest absolute Gasteiger partial charge is 0.377 e. The fourth-order valence-corrected chi connectivity index (χ4v) is 2.61. The van der Waals surface area contributed by atoms with Gasteiger partial charge in [-0.05, 0) is 13.8 Å². The van der Waals surface area contributed by atoms with Gasteiger partial charge in [0.05, 0.1) is 18.8 Å². The SMILES string of the molecule is CC(C)OCC(NN)C1CN2CCN1CC2. The smallest absolute Gasteiger partial charge is 0.0652 e. The minimum Gasteiger partial charge on any atom is -0.377 e. The maximum absolute atomic E-state index is 5.67. The molecule has 94 valence electrons. The van der Waals surface area contributed by atoms with Crippen molar-refractivity contribution in [2.45, 2.75) is 32.0 Å². The second-order valence-electron chi connectivity index (χ2n) is 5.06. The second kappa shape index (κ2) is 5.42. The van der Waals surface area contributed by atoms with Gasteiger partial charge in [0.25, 0.3) is 0 Å². The van der Waals surface area contributed by atoms with Gasteiger partial charge in [0.15, 0.2) is 0 Å². The summed E-state index contributed by atoms with van der Waals surface area (Å²) in [5, 5.41) is 0. The van der Waals surface area contributed by atoms with Crippen LogP contribution in [0.2, 0.25) is 0 Å². The molecule has 0 amide bonds. The zero-order chi connectivity index (χ0) is 11.5. The molecule has 5 nitrogen and oxygen atoms in total. The van der Waals surface area contributed by atoms with Crippen molar-refractivity contribution in [1.29, 1.82) is 0 Å². The highest BCUT2D eigenvalue weighted by atomic mass is 16.5. The summed E-state index contributed by atoms with van der Waals surface area (Å²) < 4.78 is 5.67. The molecular weight excluding hydrogens is 204 g/mol. The van der Waals surface area contributed by atoms with Crippen LogP contribution in [0.25, 0.3) is 0 Å². The third-order valence-electron chi connectivity index (χ3n) is 3.61. The number of hydrazine groups is 1. The van der Waals surface area contributed by atoms with Crippen LogP contribution in [-0.2, 0) is 4.74 Å². The molecule has 2 atom stereocenters. The molecule has 3 N–H and O–H groups in total. The Balaban J connectivity index is 1.88. The molecule has 3 fully saturated rings. The van der Waals surface area contributed by atoms with E-state index < -0.39 is 0 Å². The lowest BCUT2D eigenvalue weighted by Crippen LogP contribution is -2.67. The molecule has 3 saturated heterocycles. The number of hydrogen-bond donors (Lipinski definition) is 2. The van der Waals surface area contributed by atoms with Crippen LogP contribution in [0.4, 0.5) is 0 Å². The Bertz CT molecular complexity index is 216. The monoisotopic (exact) mass is 228 g/mol. The van der Waals surface area contributed by atoms with Crippen molar-refractivity contribution in [3.8, 4) is 0 Å². The average Bonchev–Trinajstić information content (AvgIpc) is 2.31. The van der Waals surface area contributed by atoms with Gasteiger partial charge in [-0.15, -0.1) is 0 Å². The molecule has 5 heteroatoms. The van der Waals surface area contributed by atoms with Crippen LogP contribution in [0.15, 0.2) is 0 Å². The van der Waals surface area contributed by atoms with E-state index >= 15 is 0 Å². The Kier molecular flexibility index (Phi) is 4.16. The van der Waals surface area contributed by atoms with Crippen molar-refractivity contribution in [2.24, 2.45) is 5.84 Å². The summed E-state index contributed by atoms with van der Waals surface area (Å²) in [6, 6.07) is 0.747. The Hall–Kier alpha value is -0.200. The Morgan fingerprint density at radius 2 is 2.00 bits per heavy atom. The van der Waals surface area contributed by atoms with Gasteiger partial charge in [-0.2, -0.15) is 0 Å². The molecule has 3 aliphatic heterocycles. The number of rotatable bonds is 5. The van der Waals surface area contributed by atoms with Gasteiger partial charge in [0.1, 0.15) is 0 Å². The first-order chi connectivity index (χ1) is 7.70. The maximum atomic E-state index is 5.67. The molecule has 3 aliphatic rings. The number of hydrogen-bond acceptors (Lipinski definition) is 5. The molecule has 0 saturated carbocycles. The number of nitrogens with one attached hydrogen (secondary N) is 1. The van der Waals surface area contributed by atoms with Gasteiger partial charge in [0, 0.05) is 38.8 Å². The van der Waals surface area contributed by atoms with E-state index in [-0.39, 0.29) is 12.1 Å². The van der Waals surface area contributed by atoms with Gasteiger partial charge in [0.2, 0.25) is 0 Å². The molecule has 0 aromatic heterocycles. The van der Waals surface area contributed by atoms with Crippen molar-refractivity contribution < 1.29 is 4.74 Å². The van der Waals surface area contributed by atoms with Crippen molar-refractivity contribution in [2.75, 3.05) is 39.3 Å². The summed E-state index contributed by atoms with van der Waals surface area (Å²) >= 11 is 0. The van der Waals surface area contributed by atoms with Crippen LogP contribution in [0.1, 0.15) is 13.8 Å². The maximum Gasteiger partial charge on any atom is 0.0652 e. The minimum atomic E-state index is 0.241. The van der Waals surface area contributed by atoms with Crippen molar-refractivity contribution in [3.05, 3.63) is 0 Å². The molecular formula is C11H24N4O. The normalized spacial score (nSPS) is 35.6. The van der Waals surface area contributed by atoms with E-state index in [2.05, 4.69) is 29.1 Å². The molecule has 16 heavy (non-hydrogen) atoms. The first kappa shape index (κ1) is 12.3. The van der Waals surface area contributed by atoms with E-state index in [9.17, 15) is 0 Å². The molecule has 2 unspecified atom stereocenters. The van der Waals surface area contributed by atoms with Crippen LogP contribution in [0.5, 0.6) is 0 Å². The van der Waals surface area contributed by atoms with Crippen molar-refractivity contribution in [1.82, 2.24) is 15.2 Å². The van der Waals surface area contributed by atoms with Crippen LogP contribution >= 0.6 is 0 Å². The first-order valence-corrected chi connectivity index (χ1v) is 6.25. The van der Waals surface area contributed by atoms with E-state index in [1.165, 1.54) is 26.2 Å². The second-order valence-corrected chi connectivity index (χ2v) is 5.06. The highest BCUT2D eigenvalue weighted by Gasteiger charge is 2.36. The minimum absolute atomic E-state index is 0.241. The summed E-state index contributed by atoms with van der Waals surface area (Å²) in [5.41, 5.74) is 2.92. The third-order valence-corrected chi connectivity index (χ3v) is 3.61. The van der Waals surface area contributed by atoms with E-state index in [1.807, 2.05) is 0 Å². The highest BCUT2D eigenvalue weighted by Crippen LogP contribution is 2.18. The van der Waals surface area contributed by atoms with Gasteiger partial charge in [-0.25, -0.2) is 0 Å². The van der Waals surface area contributed by atoms with E-state index in [0.717, 1.165) is 6.54 Å². The lowest BCUT2D eigenvalue weighted by atomic mass is 10.0. The lowest BCUT2D eigenvalue weighted by Gasteiger charge is -2.50. The van der Waals surface area contributed by atoms with Gasteiger partial charge >= 0.3 is 0 Å². The molecule has 0 radical (unpaired) electrons. The summed E-state index contributed by atoms with van der Waals surface area (Å²) in [7, 11) is 0. The summed E-state index contributed by atoms with van der Waals surface area (Å²) in [5.74, 6) is 5.65. The number of ether oxygens (including phenoxy) is 1. The first-order valence-electron chi connectivity index (χ1n) is 6.25. The molecule has 3 rings (SSSR count). The molecule has 0 aromatic carbocycles. The van der Waals surface area contributed by atoms with E-state index in [4.69, 9.17) is 10.6 Å². The van der Waals surface area contributed by atoms with Gasteiger partial charge in [-0.3, -0.25) is 21.1 Å². The number of nitrogens with zero attached hydrogens (tertiary/aromatic N) is 2. The molecule has 0 spiro atoms. The zero-order valence-electron chi connectivity index (χ0n) is 10.4. The Labute approximate surface area is 97.9 Å². The highest BCUT2D eigenvalue weighted by molar-refractivity contribution is 4.94. The predicted molar refractivity (Wildman–Crippen MR) is 64.0 cm³/mol. The molecule has 3 heterocycles. The number of nitrogens with two attached hydrogens (primary N) is 1. The molecule has 0 aliphatic carbocycles. The number of fused-ring (bicyclic) bond motifs is 3. The van der Waals surface area contributed by atoms with Crippen molar-refractivity contribution >= 4 is 0 Å². The molecule has 2 bridgehead atoms. The van der Waals surface area contributed by atoms with E-state index in [0.29, 0.717) is 12.6 Å². The summed E-state index contributed by atoms with van der Waals surface area (Å²) in [6.45, 7) is 10.7. The fourth-order valence-electron chi connectivity index (χ4n) is 2.61. The zero-order valence-corrected chi connectivity index (χ0v) is 10.4. The van der Waals surface area contributed by atoms with E-state index in [1.54, 1.807) is 0 Å². The van der Waals surface area contributed by atoms with Crippen LogP contribution in [0.3, 0.4) is 0 Å². The quantitative estimate of drug-likeness (QED) is 0.479. The summed E-state index contributed by atoms with van der Waals surface area (Å²) in [6.07, 6.45) is 0.270. The van der Waals surface area contributed by atoms with Crippen molar-refractivity contribution in [3.63, 3.8) is 0 Å². The summed E-state index contributed by atoms with van der Waals surface area (Å²) in [4.78, 5) is 5.05. The lowest BCUT2D eigenvalue weighted by molar-refractivity contribution is -0.0294. The predicted octanol–water partition coefficient (Wildman–Crippen LogP) is -0.757. The number of piperazine rings is 3. The van der Waals surface area contributed by atoms with Crippen LogP contribution < -0.4 is 11.3 Å².